The molecule has 2 atom stereocenters. The fourth-order valence-corrected chi connectivity index (χ4v) is 3.64. The Morgan fingerprint density at radius 1 is 1.26 bits per heavy atom. The highest BCUT2D eigenvalue weighted by molar-refractivity contribution is 5.76. The molecule has 2 unspecified atom stereocenters. The van der Waals surface area contributed by atoms with Crippen LogP contribution in [0.25, 0.3) is 5.57 Å². The number of aromatic nitrogens is 2. The zero-order chi connectivity index (χ0) is 22.3. The Balaban J connectivity index is 1.88. The highest BCUT2D eigenvalue weighted by atomic mass is 19.2. The largest absolute Gasteiger partial charge is 0.393 e. The first kappa shape index (κ1) is 22.8. The van der Waals surface area contributed by atoms with Gasteiger partial charge in [-0.2, -0.15) is 0 Å². The van der Waals surface area contributed by atoms with Gasteiger partial charge in [-0.15, -0.1) is 6.58 Å². The van der Waals surface area contributed by atoms with Crippen LogP contribution in [0, 0.1) is 11.6 Å². The second-order valence-electron chi connectivity index (χ2n) is 7.93. The molecule has 0 saturated heterocycles. The maximum absolute atomic E-state index is 14.3. The van der Waals surface area contributed by atoms with Gasteiger partial charge in [0.05, 0.1) is 11.5 Å². The molecule has 1 N–H and O–H groups in total. The SMILES string of the molecule is C=CCc1cnc(C2(/C=C/CCCC(C)O)C=CC(c3cccc(F)c3F)=CC2)nc1. The van der Waals surface area contributed by atoms with E-state index in [1.165, 1.54) is 6.07 Å². The van der Waals surface area contributed by atoms with E-state index in [9.17, 15) is 13.9 Å². The highest BCUT2D eigenvalue weighted by Gasteiger charge is 2.31. The van der Waals surface area contributed by atoms with Crippen molar-refractivity contribution in [1.82, 2.24) is 9.97 Å². The van der Waals surface area contributed by atoms with E-state index in [-0.39, 0.29) is 11.7 Å². The molecular weight excluding hydrogens is 394 g/mol. The smallest absolute Gasteiger partial charge is 0.166 e. The van der Waals surface area contributed by atoms with Gasteiger partial charge in [0.25, 0.3) is 0 Å². The Morgan fingerprint density at radius 2 is 2.03 bits per heavy atom. The van der Waals surface area contributed by atoms with Crippen LogP contribution in [0.5, 0.6) is 0 Å². The van der Waals surface area contributed by atoms with Crippen LogP contribution in [0.15, 0.2) is 73.6 Å². The van der Waals surface area contributed by atoms with E-state index in [1.807, 2.05) is 18.2 Å². The summed E-state index contributed by atoms with van der Waals surface area (Å²) in [5.74, 6) is -1.05. The van der Waals surface area contributed by atoms with Gasteiger partial charge >= 0.3 is 0 Å². The molecule has 1 aromatic carbocycles. The van der Waals surface area contributed by atoms with Crippen LogP contribution in [-0.2, 0) is 11.8 Å². The van der Waals surface area contributed by atoms with E-state index in [1.54, 1.807) is 31.5 Å². The molecule has 5 heteroatoms. The van der Waals surface area contributed by atoms with E-state index < -0.39 is 17.0 Å². The number of allylic oxidation sites excluding steroid dienone is 7. The number of rotatable bonds is 9. The first-order valence-electron chi connectivity index (χ1n) is 10.6. The molecule has 0 bridgehead atoms. The normalized spacial score (nSPS) is 19.4. The van der Waals surface area contributed by atoms with Crippen molar-refractivity contribution in [2.24, 2.45) is 0 Å². The molecule has 3 rings (SSSR count). The van der Waals surface area contributed by atoms with Crippen molar-refractivity contribution in [3.63, 3.8) is 0 Å². The van der Waals surface area contributed by atoms with Crippen molar-refractivity contribution in [2.45, 2.75) is 50.5 Å². The van der Waals surface area contributed by atoms with Gasteiger partial charge in [0.2, 0.25) is 0 Å². The number of aliphatic hydroxyl groups excluding tert-OH is 1. The van der Waals surface area contributed by atoms with Crippen molar-refractivity contribution >= 4 is 5.57 Å². The van der Waals surface area contributed by atoms with Gasteiger partial charge in [-0.1, -0.05) is 48.6 Å². The van der Waals surface area contributed by atoms with Crippen molar-refractivity contribution in [3.05, 3.63) is 102 Å². The predicted octanol–water partition coefficient (Wildman–Crippen LogP) is 5.87. The van der Waals surface area contributed by atoms with Crippen LogP contribution in [0.1, 0.15) is 49.6 Å². The molecule has 0 radical (unpaired) electrons. The van der Waals surface area contributed by atoms with Crippen molar-refractivity contribution in [2.75, 3.05) is 0 Å². The average molecular weight is 423 g/mol. The molecule has 2 aromatic rings. The first-order chi connectivity index (χ1) is 14.9. The lowest BCUT2D eigenvalue weighted by atomic mass is 9.77. The number of halogens is 2. The standard InChI is InChI=1S/C26H28F2N2O/c1-3-8-20-17-29-25(30-18-20)26(14-6-4-5-9-19(2)31)15-12-21(13-16-26)22-10-7-11-23(27)24(22)28/h3,6-7,10-15,17-19,31H,1,4-5,8-9,16H2,2H3/b14-6+. The summed E-state index contributed by atoms with van der Waals surface area (Å²) in [6.07, 6.45) is 18.6. The van der Waals surface area contributed by atoms with Crippen LogP contribution in [0.2, 0.25) is 0 Å². The third kappa shape index (κ3) is 5.61. The maximum Gasteiger partial charge on any atom is 0.166 e. The summed E-state index contributed by atoms with van der Waals surface area (Å²) in [6.45, 7) is 5.53. The zero-order valence-electron chi connectivity index (χ0n) is 17.8. The molecule has 162 valence electrons. The quantitative estimate of drug-likeness (QED) is 0.406. The maximum atomic E-state index is 14.3. The summed E-state index contributed by atoms with van der Waals surface area (Å²) in [6, 6.07) is 4.20. The second-order valence-corrected chi connectivity index (χ2v) is 7.93. The molecule has 0 saturated carbocycles. The molecule has 1 aromatic heterocycles. The lowest BCUT2D eigenvalue weighted by molar-refractivity contribution is 0.182. The molecule has 1 aliphatic carbocycles. The summed E-state index contributed by atoms with van der Waals surface area (Å²) in [5, 5.41) is 9.45. The van der Waals surface area contributed by atoms with Gasteiger partial charge in [-0.3, -0.25) is 0 Å². The Labute approximate surface area is 182 Å². The molecule has 0 amide bonds. The van der Waals surface area contributed by atoms with Crippen LogP contribution in [-0.4, -0.2) is 21.2 Å². The number of benzene rings is 1. The lowest BCUT2D eigenvalue weighted by Crippen LogP contribution is -2.25. The first-order valence-corrected chi connectivity index (χ1v) is 10.6. The molecular formula is C26H28F2N2O. The molecule has 1 aliphatic rings. The average Bonchev–Trinajstić information content (AvgIpc) is 2.76. The van der Waals surface area contributed by atoms with E-state index >= 15 is 0 Å². The third-order valence-corrected chi connectivity index (χ3v) is 5.39. The van der Waals surface area contributed by atoms with Gasteiger partial charge in [-0.05, 0) is 56.2 Å². The van der Waals surface area contributed by atoms with Gasteiger partial charge in [-0.25, -0.2) is 18.7 Å². The minimum absolute atomic E-state index is 0.244. The van der Waals surface area contributed by atoms with E-state index in [4.69, 9.17) is 0 Å². The predicted molar refractivity (Wildman–Crippen MR) is 120 cm³/mol. The van der Waals surface area contributed by atoms with Crippen LogP contribution in [0.3, 0.4) is 0 Å². The van der Waals surface area contributed by atoms with Crippen LogP contribution in [0.4, 0.5) is 8.78 Å². The van der Waals surface area contributed by atoms with Crippen molar-refractivity contribution in [3.8, 4) is 0 Å². The van der Waals surface area contributed by atoms with E-state index in [2.05, 4.69) is 28.7 Å². The molecule has 0 aliphatic heterocycles. The molecule has 0 spiro atoms. The van der Waals surface area contributed by atoms with Gasteiger partial charge in [0, 0.05) is 18.0 Å². The van der Waals surface area contributed by atoms with Crippen LogP contribution < -0.4 is 0 Å². The second kappa shape index (κ2) is 10.4. The molecule has 31 heavy (non-hydrogen) atoms. The minimum Gasteiger partial charge on any atom is -0.393 e. The summed E-state index contributed by atoms with van der Waals surface area (Å²) in [5.41, 5.74) is 1.30. The fraction of sp³-hybridized carbons (Fsp3) is 0.308. The number of hydrogen-bond donors (Lipinski definition) is 1. The van der Waals surface area contributed by atoms with Gasteiger partial charge in [0.1, 0.15) is 5.82 Å². The Bertz CT molecular complexity index is 993. The van der Waals surface area contributed by atoms with Gasteiger partial charge in [0.15, 0.2) is 11.6 Å². The van der Waals surface area contributed by atoms with Crippen molar-refractivity contribution in [1.29, 1.82) is 0 Å². The number of unbranched alkanes of at least 4 members (excludes halogenated alkanes) is 1. The van der Waals surface area contributed by atoms with E-state index in [0.717, 1.165) is 30.9 Å². The monoisotopic (exact) mass is 422 g/mol. The third-order valence-electron chi connectivity index (χ3n) is 5.39. The minimum atomic E-state index is -0.859. The summed E-state index contributed by atoms with van der Waals surface area (Å²) in [7, 11) is 0. The summed E-state index contributed by atoms with van der Waals surface area (Å²) in [4.78, 5) is 9.17. The number of aliphatic hydroxyl groups is 1. The Morgan fingerprint density at radius 3 is 2.68 bits per heavy atom. The lowest BCUT2D eigenvalue weighted by Gasteiger charge is -2.28. The van der Waals surface area contributed by atoms with Crippen molar-refractivity contribution < 1.29 is 13.9 Å². The number of nitrogens with zero attached hydrogens (tertiary/aromatic N) is 2. The summed E-state index contributed by atoms with van der Waals surface area (Å²) < 4.78 is 27.9. The topological polar surface area (TPSA) is 46.0 Å². The molecule has 0 fully saturated rings. The van der Waals surface area contributed by atoms with Crippen LogP contribution >= 0.6 is 0 Å². The fourth-order valence-electron chi connectivity index (χ4n) is 3.64. The summed E-state index contributed by atoms with van der Waals surface area (Å²) >= 11 is 0. The Kier molecular flexibility index (Phi) is 7.64. The number of hydrogen-bond acceptors (Lipinski definition) is 3. The van der Waals surface area contributed by atoms with Gasteiger partial charge < -0.3 is 5.11 Å². The highest BCUT2D eigenvalue weighted by Crippen LogP contribution is 2.37. The Hall–Kier alpha value is -2.92. The molecule has 3 nitrogen and oxygen atoms in total. The zero-order valence-corrected chi connectivity index (χ0v) is 17.8. The van der Waals surface area contributed by atoms with E-state index in [0.29, 0.717) is 24.2 Å². The molecule has 1 heterocycles.